The molecular formula is C10H15F4NO3. The third-order valence-electron chi connectivity index (χ3n) is 3.10. The fourth-order valence-corrected chi connectivity index (χ4v) is 1.89. The van der Waals surface area contributed by atoms with Crippen LogP contribution in [0.1, 0.15) is 19.3 Å². The summed E-state index contributed by atoms with van der Waals surface area (Å²) >= 11 is 0. The predicted molar refractivity (Wildman–Crippen MR) is 53.7 cm³/mol. The van der Waals surface area contributed by atoms with Crippen molar-refractivity contribution in [1.29, 1.82) is 0 Å². The molecule has 1 aliphatic heterocycles. The van der Waals surface area contributed by atoms with Gasteiger partial charge in [0.25, 0.3) is 0 Å². The molecule has 106 valence electrons. The van der Waals surface area contributed by atoms with Crippen molar-refractivity contribution in [2.75, 3.05) is 13.1 Å². The lowest BCUT2D eigenvalue weighted by Gasteiger charge is -2.36. The normalized spacial score (nSPS) is 32.4. The average Bonchev–Trinajstić information content (AvgIpc) is 3.05. The molecule has 3 N–H and O–H groups in total. The fraction of sp³-hybridized carbons (Fsp3) is 0.900. The summed E-state index contributed by atoms with van der Waals surface area (Å²) < 4.78 is 44.9. The van der Waals surface area contributed by atoms with Crippen molar-refractivity contribution in [2.24, 2.45) is 5.92 Å². The Kier molecular flexibility index (Phi) is 4.55. The quantitative estimate of drug-likeness (QED) is 0.626. The van der Waals surface area contributed by atoms with E-state index >= 15 is 0 Å². The van der Waals surface area contributed by atoms with Gasteiger partial charge in [0, 0.05) is 6.54 Å². The van der Waals surface area contributed by atoms with Gasteiger partial charge in [-0.15, -0.1) is 0 Å². The highest BCUT2D eigenvalue weighted by Gasteiger charge is 2.50. The van der Waals surface area contributed by atoms with Crippen LogP contribution in [-0.4, -0.2) is 47.2 Å². The summed E-state index contributed by atoms with van der Waals surface area (Å²) in [6.45, 7) is 1.08. The molecule has 1 heterocycles. The Labute approximate surface area is 101 Å². The Morgan fingerprint density at radius 1 is 1.33 bits per heavy atom. The van der Waals surface area contributed by atoms with Gasteiger partial charge in [0.15, 0.2) is 0 Å². The highest BCUT2D eigenvalue weighted by Crippen LogP contribution is 2.44. The number of carbonyl (C=O) groups is 1. The van der Waals surface area contributed by atoms with Crippen LogP contribution < -0.4 is 5.32 Å². The SMILES string of the molecule is O=C(O)C(F)(F)F.O[C@@]1(C2CC2)CCNC[C@H]1F. The van der Waals surface area contributed by atoms with Crippen LogP contribution in [0.3, 0.4) is 0 Å². The summed E-state index contributed by atoms with van der Waals surface area (Å²) in [7, 11) is 0. The van der Waals surface area contributed by atoms with Crippen molar-refractivity contribution in [3.05, 3.63) is 0 Å². The summed E-state index contributed by atoms with van der Waals surface area (Å²) in [6.07, 6.45) is -3.53. The van der Waals surface area contributed by atoms with Gasteiger partial charge >= 0.3 is 12.1 Å². The van der Waals surface area contributed by atoms with Gasteiger partial charge in [-0.25, -0.2) is 9.18 Å². The van der Waals surface area contributed by atoms with E-state index in [0.717, 1.165) is 19.4 Å². The van der Waals surface area contributed by atoms with Crippen molar-refractivity contribution < 1.29 is 32.6 Å². The second-order valence-electron chi connectivity index (χ2n) is 4.49. The maximum atomic E-state index is 13.2. The molecule has 2 rings (SSSR count). The van der Waals surface area contributed by atoms with Crippen LogP contribution in [0.15, 0.2) is 0 Å². The number of alkyl halides is 4. The number of hydrogen-bond donors (Lipinski definition) is 3. The number of carboxylic acid groups (broad SMARTS) is 1. The lowest BCUT2D eigenvalue weighted by molar-refractivity contribution is -0.192. The Balaban J connectivity index is 0.000000203. The molecule has 0 aromatic rings. The first kappa shape index (κ1) is 15.2. The first-order valence-corrected chi connectivity index (χ1v) is 5.55. The molecule has 0 unspecified atom stereocenters. The van der Waals surface area contributed by atoms with Crippen LogP contribution in [0.25, 0.3) is 0 Å². The van der Waals surface area contributed by atoms with Crippen LogP contribution in [0, 0.1) is 5.92 Å². The molecule has 8 heteroatoms. The smallest absolute Gasteiger partial charge is 0.475 e. The van der Waals surface area contributed by atoms with Gasteiger partial charge < -0.3 is 15.5 Å². The molecule has 2 aliphatic rings. The minimum Gasteiger partial charge on any atom is -0.475 e. The summed E-state index contributed by atoms with van der Waals surface area (Å²) in [6, 6.07) is 0. The zero-order valence-corrected chi connectivity index (χ0v) is 9.50. The Hall–Kier alpha value is -0.890. The number of aliphatic carboxylic acids is 1. The largest absolute Gasteiger partial charge is 0.490 e. The summed E-state index contributed by atoms with van der Waals surface area (Å²) in [4.78, 5) is 8.90. The van der Waals surface area contributed by atoms with E-state index in [1.165, 1.54) is 0 Å². The first-order chi connectivity index (χ1) is 8.18. The lowest BCUT2D eigenvalue weighted by atomic mass is 9.86. The highest BCUT2D eigenvalue weighted by atomic mass is 19.4. The standard InChI is InChI=1S/C8H14FNO.C2HF3O2/c9-7-5-10-4-3-8(7,11)6-1-2-6;3-2(4,5)1(6)7/h6-7,10-11H,1-5H2;(H,6,7)/t7-,8-;/m1./s1. The monoisotopic (exact) mass is 273 g/mol. The van der Waals surface area contributed by atoms with Gasteiger partial charge in [0.2, 0.25) is 0 Å². The van der Waals surface area contributed by atoms with Crippen LogP contribution in [-0.2, 0) is 4.79 Å². The summed E-state index contributed by atoms with van der Waals surface area (Å²) in [5, 5.41) is 19.9. The molecular weight excluding hydrogens is 258 g/mol. The molecule has 1 saturated heterocycles. The Bertz CT molecular complexity index is 306. The topological polar surface area (TPSA) is 69.6 Å². The second kappa shape index (κ2) is 5.40. The molecule has 1 aliphatic carbocycles. The van der Waals surface area contributed by atoms with E-state index in [9.17, 15) is 22.7 Å². The van der Waals surface area contributed by atoms with Gasteiger partial charge in [-0.1, -0.05) is 0 Å². The van der Waals surface area contributed by atoms with Crippen molar-refractivity contribution in [3.8, 4) is 0 Å². The molecule has 2 atom stereocenters. The number of halogens is 4. The van der Waals surface area contributed by atoms with Crippen molar-refractivity contribution in [1.82, 2.24) is 5.32 Å². The minimum atomic E-state index is -5.08. The van der Waals surface area contributed by atoms with Gasteiger partial charge in [-0.3, -0.25) is 0 Å². The van der Waals surface area contributed by atoms with Crippen molar-refractivity contribution >= 4 is 5.97 Å². The number of rotatable bonds is 1. The Morgan fingerprint density at radius 3 is 2.17 bits per heavy atom. The van der Waals surface area contributed by atoms with Crippen LogP contribution in [0.5, 0.6) is 0 Å². The number of nitrogens with one attached hydrogen (secondary N) is 1. The van der Waals surface area contributed by atoms with Crippen LogP contribution in [0.4, 0.5) is 17.6 Å². The van der Waals surface area contributed by atoms with Crippen molar-refractivity contribution in [2.45, 2.75) is 37.2 Å². The Morgan fingerprint density at radius 2 is 1.83 bits per heavy atom. The molecule has 1 saturated carbocycles. The molecule has 0 bridgehead atoms. The van der Waals surface area contributed by atoms with E-state index in [4.69, 9.17) is 9.90 Å². The molecule has 0 amide bonds. The molecule has 0 spiro atoms. The van der Waals surface area contributed by atoms with Crippen LogP contribution >= 0.6 is 0 Å². The summed E-state index contributed by atoms with van der Waals surface area (Å²) in [5.41, 5.74) is -0.981. The van der Waals surface area contributed by atoms with E-state index in [1.54, 1.807) is 0 Å². The van der Waals surface area contributed by atoms with E-state index in [2.05, 4.69) is 5.32 Å². The van der Waals surface area contributed by atoms with E-state index in [1.807, 2.05) is 0 Å². The third-order valence-corrected chi connectivity index (χ3v) is 3.10. The number of aliphatic hydroxyl groups is 1. The van der Waals surface area contributed by atoms with Crippen LogP contribution in [0.2, 0.25) is 0 Å². The van der Waals surface area contributed by atoms with Gasteiger partial charge in [-0.05, 0) is 31.7 Å². The second-order valence-corrected chi connectivity index (χ2v) is 4.49. The maximum Gasteiger partial charge on any atom is 0.490 e. The number of piperidine rings is 1. The first-order valence-electron chi connectivity index (χ1n) is 5.55. The fourth-order valence-electron chi connectivity index (χ4n) is 1.89. The summed E-state index contributed by atoms with van der Waals surface area (Å²) in [5.74, 6) is -2.51. The minimum absolute atomic E-state index is 0.250. The molecule has 18 heavy (non-hydrogen) atoms. The van der Waals surface area contributed by atoms with E-state index < -0.39 is 23.9 Å². The zero-order valence-electron chi connectivity index (χ0n) is 9.50. The van der Waals surface area contributed by atoms with E-state index in [-0.39, 0.29) is 5.92 Å². The van der Waals surface area contributed by atoms with Gasteiger partial charge in [0.05, 0.1) is 0 Å². The van der Waals surface area contributed by atoms with E-state index in [0.29, 0.717) is 13.0 Å². The molecule has 4 nitrogen and oxygen atoms in total. The molecule has 2 fully saturated rings. The number of hydrogen-bond acceptors (Lipinski definition) is 3. The molecule has 0 radical (unpaired) electrons. The number of carboxylic acids is 1. The molecule has 0 aromatic carbocycles. The third kappa shape index (κ3) is 3.81. The predicted octanol–water partition coefficient (Wildman–Crippen LogP) is 1.09. The highest BCUT2D eigenvalue weighted by molar-refractivity contribution is 5.73. The maximum absolute atomic E-state index is 13.2. The zero-order chi connectivity index (χ0) is 14.0. The van der Waals surface area contributed by atoms with Gasteiger partial charge in [0.1, 0.15) is 11.8 Å². The lowest BCUT2D eigenvalue weighted by Crippen LogP contribution is -2.53. The van der Waals surface area contributed by atoms with Gasteiger partial charge in [-0.2, -0.15) is 13.2 Å². The van der Waals surface area contributed by atoms with Crippen molar-refractivity contribution in [3.63, 3.8) is 0 Å². The molecule has 0 aromatic heterocycles. The average molecular weight is 273 g/mol.